The minimum absolute atomic E-state index is 0.494. The van der Waals surface area contributed by atoms with E-state index in [2.05, 4.69) is 43.8 Å². The molecule has 0 saturated carbocycles. The number of thiophene rings is 1. The highest BCUT2D eigenvalue weighted by Crippen LogP contribution is 2.44. The van der Waals surface area contributed by atoms with Gasteiger partial charge >= 0.3 is 0 Å². The fraction of sp³-hybridized carbons (Fsp3) is 0. The summed E-state index contributed by atoms with van der Waals surface area (Å²) in [5.74, 6) is 0.612. The second kappa shape index (κ2) is 5.93. The molecule has 1 aromatic carbocycles. The summed E-state index contributed by atoms with van der Waals surface area (Å²) in [7, 11) is 0. The van der Waals surface area contributed by atoms with Crippen LogP contribution in [0.25, 0.3) is 21.8 Å². The van der Waals surface area contributed by atoms with Crippen LogP contribution in [0.1, 0.15) is 5.56 Å². The molecule has 0 atom stereocenters. The van der Waals surface area contributed by atoms with E-state index in [-0.39, 0.29) is 0 Å². The molecule has 0 saturated heterocycles. The third-order valence-electron chi connectivity index (χ3n) is 2.81. The topological polar surface area (TPSA) is 65.4 Å². The summed E-state index contributed by atoms with van der Waals surface area (Å²) in [4.78, 5) is 3.80. The summed E-state index contributed by atoms with van der Waals surface area (Å²) in [6.45, 7) is 0. The van der Waals surface area contributed by atoms with Crippen molar-refractivity contribution in [3.05, 3.63) is 43.0 Å². The van der Waals surface area contributed by atoms with E-state index in [1.54, 1.807) is 12.1 Å². The van der Waals surface area contributed by atoms with E-state index in [0.717, 1.165) is 18.9 Å². The van der Waals surface area contributed by atoms with Gasteiger partial charge in [0, 0.05) is 21.2 Å². The number of aromatic amines is 1. The number of nitrogens with zero attached hydrogens (tertiary/aromatic N) is 3. The van der Waals surface area contributed by atoms with Crippen molar-refractivity contribution in [1.29, 1.82) is 5.26 Å². The van der Waals surface area contributed by atoms with Crippen molar-refractivity contribution in [3.63, 3.8) is 0 Å². The van der Waals surface area contributed by atoms with Gasteiger partial charge in [0.05, 0.1) is 13.3 Å². The molecule has 3 rings (SSSR count). The molecule has 0 fully saturated rings. The van der Waals surface area contributed by atoms with Crippen LogP contribution in [0.3, 0.4) is 0 Å². The normalized spacial score (nSPS) is 10.6. The molecule has 0 aliphatic rings. The van der Waals surface area contributed by atoms with Gasteiger partial charge in [-0.15, -0.1) is 21.5 Å². The number of hydrogen-bond donors (Lipinski definition) is 1. The Hall–Kier alpha value is -1.14. The number of aromatic nitrogens is 3. The first kappa shape index (κ1) is 14.8. The summed E-state index contributed by atoms with van der Waals surface area (Å²) in [6, 6.07) is 7.45. The Morgan fingerprint density at radius 3 is 2.76 bits per heavy atom. The molecule has 21 heavy (non-hydrogen) atoms. The molecule has 0 radical (unpaired) electrons. The maximum absolute atomic E-state index is 9.45. The lowest BCUT2D eigenvalue weighted by atomic mass is 10.0. The van der Waals surface area contributed by atoms with Crippen LogP contribution in [0.4, 0.5) is 0 Å². The lowest BCUT2D eigenvalue weighted by Crippen LogP contribution is -1.87. The van der Waals surface area contributed by atoms with Crippen molar-refractivity contribution in [3.8, 4) is 27.9 Å². The maximum Gasteiger partial charge on any atom is 0.171 e. The van der Waals surface area contributed by atoms with Crippen LogP contribution < -0.4 is 0 Å². The lowest BCUT2D eigenvalue weighted by Gasteiger charge is -2.06. The van der Waals surface area contributed by atoms with Crippen LogP contribution in [-0.4, -0.2) is 15.2 Å². The second-order valence-corrected chi connectivity index (χ2v) is 7.70. The average Bonchev–Trinajstić information content (AvgIpc) is 3.06. The van der Waals surface area contributed by atoms with Crippen molar-refractivity contribution in [2.75, 3.05) is 0 Å². The summed E-state index contributed by atoms with van der Waals surface area (Å²) in [5.41, 5.74) is 2.09. The standard InChI is InChI=1S/C13H5Cl2IN4S/c14-6-1-2-7(9(15)3-6)10-8(4-17)12(16)21-11(10)13-18-5-19-20-13/h1-3,5H,(H,18,19,20). The van der Waals surface area contributed by atoms with Crippen LogP contribution in [0.5, 0.6) is 0 Å². The number of halogens is 3. The second-order valence-electron chi connectivity index (χ2n) is 4.03. The van der Waals surface area contributed by atoms with Crippen LogP contribution in [-0.2, 0) is 0 Å². The van der Waals surface area contributed by atoms with Crippen molar-refractivity contribution in [2.45, 2.75) is 0 Å². The molecular weight excluding hydrogens is 442 g/mol. The van der Waals surface area contributed by atoms with Gasteiger partial charge in [0.2, 0.25) is 0 Å². The first-order chi connectivity index (χ1) is 10.1. The molecular formula is C13H5Cl2IN4S. The number of nitrogens with one attached hydrogen (secondary N) is 1. The number of H-pyrrole nitrogens is 1. The summed E-state index contributed by atoms with van der Waals surface area (Å²) < 4.78 is 0.877. The molecule has 0 spiro atoms. The zero-order valence-electron chi connectivity index (χ0n) is 10.2. The van der Waals surface area contributed by atoms with E-state index in [1.165, 1.54) is 17.7 Å². The highest BCUT2D eigenvalue weighted by atomic mass is 127. The fourth-order valence-corrected chi connectivity index (χ4v) is 4.43. The molecule has 0 aliphatic carbocycles. The minimum Gasteiger partial charge on any atom is -0.327 e. The maximum atomic E-state index is 9.45. The average molecular weight is 447 g/mol. The molecule has 4 nitrogen and oxygen atoms in total. The summed E-state index contributed by atoms with van der Waals surface area (Å²) in [6.07, 6.45) is 1.50. The Labute approximate surface area is 147 Å². The molecule has 0 unspecified atom stereocenters. The van der Waals surface area contributed by atoms with E-state index in [0.29, 0.717) is 21.4 Å². The van der Waals surface area contributed by atoms with E-state index in [9.17, 15) is 5.26 Å². The van der Waals surface area contributed by atoms with Gasteiger partial charge < -0.3 is 4.98 Å². The molecule has 0 amide bonds. The predicted molar refractivity (Wildman–Crippen MR) is 92.6 cm³/mol. The SMILES string of the molecule is N#Cc1c(I)sc(-c2nnc[nH]2)c1-c1ccc(Cl)cc1Cl. The van der Waals surface area contributed by atoms with Gasteiger partial charge in [-0.25, -0.2) is 0 Å². The first-order valence-corrected chi connectivity index (χ1v) is 8.31. The molecule has 2 heterocycles. The van der Waals surface area contributed by atoms with Crippen molar-refractivity contribution in [1.82, 2.24) is 15.2 Å². The van der Waals surface area contributed by atoms with Crippen LogP contribution in [0, 0.1) is 14.2 Å². The van der Waals surface area contributed by atoms with Gasteiger partial charge in [0.15, 0.2) is 5.82 Å². The molecule has 3 aromatic rings. The third kappa shape index (κ3) is 2.66. The molecule has 8 heteroatoms. The predicted octanol–water partition coefficient (Wildman–Crippen LogP) is 4.98. The highest BCUT2D eigenvalue weighted by Gasteiger charge is 2.22. The fourth-order valence-electron chi connectivity index (χ4n) is 1.94. The Bertz CT molecular complexity index is 852. The van der Waals surface area contributed by atoms with Crippen molar-refractivity contribution in [2.24, 2.45) is 0 Å². The third-order valence-corrected chi connectivity index (χ3v) is 5.54. The van der Waals surface area contributed by atoms with E-state index < -0.39 is 0 Å². The zero-order chi connectivity index (χ0) is 15.0. The van der Waals surface area contributed by atoms with E-state index in [4.69, 9.17) is 23.2 Å². The van der Waals surface area contributed by atoms with Gasteiger partial charge in [-0.05, 0) is 34.7 Å². The highest BCUT2D eigenvalue weighted by molar-refractivity contribution is 14.1. The number of hydrogen-bond acceptors (Lipinski definition) is 4. The van der Waals surface area contributed by atoms with Crippen LogP contribution in [0.15, 0.2) is 24.5 Å². The Morgan fingerprint density at radius 2 is 2.14 bits per heavy atom. The molecule has 104 valence electrons. The Kier molecular flexibility index (Phi) is 4.17. The lowest BCUT2D eigenvalue weighted by molar-refractivity contribution is 1.10. The number of rotatable bonds is 2. The van der Waals surface area contributed by atoms with E-state index >= 15 is 0 Å². The largest absolute Gasteiger partial charge is 0.327 e. The summed E-state index contributed by atoms with van der Waals surface area (Å²) in [5, 5.41) is 18.3. The van der Waals surface area contributed by atoms with Gasteiger partial charge in [-0.1, -0.05) is 29.3 Å². The minimum atomic E-state index is 0.494. The van der Waals surface area contributed by atoms with Gasteiger partial charge in [0.1, 0.15) is 12.4 Å². The monoisotopic (exact) mass is 446 g/mol. The zero-order valence-corrected chi connectivity index (χ0v) is 14.7. The first-order valence-electron chi connectivity index (χ1n) is 5.66. The van der Waals surface area contributed by atoms with Crippen LogP contribution >= 0.6 is 57.1 Å². The number of benzene rings is 1. The van der Waals surface area contributed by atoms with Crippen LogP contribution in [0.2, 0.25) is 10.0 Å². The Balaban J connectivity index is 2.33. The Morgan fingerprint density at radius 1 is 1.33 bits per heavy atom. The van der Waals surface area contributed by atoms with Crippen molar-refractivity contribution < 1.29 is 0 Å². The molecule has 2 aromatic heterocycles. The van der Waals surface area contributed by atoms with Gasteiger partial charge in [0.25, 0.3) is 0 Å². The van der Waals surface area contributed by atoms with Gasteiger partial charge in [-0.3, -0.25) is 0 Å². The van der Waals surface area contributed by atoms with Crippen molar-refractivity contribution >= 4 is 57.1 Å². The molecule has 1 N–H and O–H groups in total. The van der Waals surface area contributed by atoms with E-state index in [1.807, 2.05) is 6.07 Å². The number of nitriles is 1. The molecule has 0 bridgehead atoms. The summed E-state index contributed by atoms with van der Waals surface area (Å²) >= 11 is 15.9. The smallest absolute Gasteiger partial charge is 0.171 e. The quantitative estimate of drug-likeness (QED) is 0.564. The molecule has 0 aliphatic heterocycles. The van der Waals surface area contributed by atoms with Gasteiger partial charge in [-0.2, -0.15) is 5.26 Å².